The number of rotatable bonds is 6. The number of aromatic amines is 1. The number of pyridine rings is 2. The molecule has 0 aliphatic carbocycles. The molecule has 1 saturated heterocycles. The van der Waals surface area contributed by atoms with E-state index in [0.29, 0.717) is 11.4 Å². The lowest BCUT2D eigenvalue weighted by Gasteiger charge is -2.14. The molecule has 1 aliphatic heterocycles. The van der Waals surface area contributed by atoms with Gasteiger partial charge in [-0.3, -0.25) is 19.8 Å². The molecule has 1 aliphatic rings. The fourth-order valence-corrected chi connectivity index (χ4v) is 4.21. The smallest absolute Gasteiger partial charge is 0.276 e. The van der Waals surface area contributed by atoms with Gasteiger partial charge in [-0.05, 0) is 67.4 Å². The number of carbonyl (C=O) groups excluding carboxylic acids is 1. The van der Waals surface area contributed by atoms with Crippen LogP contribution >= 0.6 is 0 Å². The van der Waals surface area contributed by atoms with Gasteiger partial charge in [-0.15, -0.1) is 0 Å². The summed E-state index contributed by atoms with van der Waals surface area (Å²) in [5.41, 5.74) is 5.02. The maximum absolute atomic E-state index is 13.0. The number of anilines is 2. The molecule has 0 atom stereocenters. The maximum Gasteiger partial charge on any atom is 0.276 e. The van der Waals surface area contributed by atoms with Crippen molar-refractivity contribution in [2.24, 2.45) is 0 Å². The Morgan fingerprint density at radius 3 is 2.67 bits per heavy atom. The second-order valence-corrected chi connectivity index (χ2v) is 8.65. The second-order valence-electron chi connectivity index (χ2n) is 8.65. The lowest BCUT2D eigenvalue weighted by Crippen LogP contribution is -2.18. The molecule has 1 aromatic carbocycles. The SMILES string of the molecule is CN(C)c1ccc(NC(=O)c2n[nH]c3ccc(-c4cncc(CN5CCCC5)c4)cc23)cn1. The van der Waals surface area contributed by atoms with Gasteiger partial charge in [0.05, 0.1) is 17.4 Å². The van der Waals surface area contributed by atoms with Crippen LogP contribution in [0.4, 0.5) is 11.5 Å². The van der Waals surface area contributed by atoms with Crippen LogP contribution in [0.3, 0.4) is 0 Å². The van der Waals surface area contributed by atoms with Crippen LogP contribution in [0.2, 0.25) is 0 Å². The van der Waals surface area contributed by atoms with Crippen molar-refractivity contribution in [3.63, 3.8) is 0 Å². The highest BCUT2D eigenvalue weighted by Crippen LogP contribution is 2.27. The zero-order valence-electron chi connectivity index (χ0n) is 18.9. The van der Waals surface area contributed by atoms with E-state index in [1.165, 1.54) is 18.4 Å². The second kappa shape index (κ2) is 8.99. The standard InChI is InChI=1S/C25H27N7O/c1-31(2)23-8-6-20(15-27-23)28-25(33)24-21-12-18(5-7-22(21)29-30-24)19-11-17(13-26-14-19)16-32-9-3-4-10-32/h5-8,11-15H,3-4,9-10,16H2,1-2H3,(H,28,33)(H,29,30). The average Bonchev–Trinajstić information content (AvgIpc) is 3.49. The fraction of sp³-hybridized carbons (Fsp3) is 0.280. The Hall–Kier alpha value is -3.78. The van der Waals surface area contributed by atoms with Crippen molar-refractivity contribution in [3.8, 4) is 11.1 Å². The number of nitrogens with zero attached hydrogens (tertiary/aromatic N) is 5. The molecule has 1 amide bonds. The number of H-pyrrole nitrogens is 1. The van der Waals surface area contributed by atoms with E-state index in [-0.39, 0.29) is 5.91 Å². The quantitative estimate of drug-likeness (QED) is 0.471. The molecule has 2 N–H and O–H groups in total. The fourth-order valence-electron chi connectivity index (χ4n) is 4.21. The molecule has 168 valence electrons. The van der Waals surface area contributed by atoms with Gasteiger partial charge in [-0.1, -0.05) is 6.07 Å². The predicted octanol–water partition coefficient (Wildman–Crippen LogP) is 3.93. The van der Waals surface area contributed by atoms with Crippen molar-refractivity contribution in [2.75, 3.05) is 37.4 Å². The van der Waals surface area contributed by atoms with Gasteiger partial charge in [-0.2, -0.15) is 5.10 Å². The third-order valence-electron chi connectivity index (χ3n) is 5.97. The van der Waals surface area contributed by atoms with Crippen LogP contribution in [0.25, 0.3) is 22.0 Å². The molecular weight excluding hydrogens is 414 g/mol. The van der Waals surface area contributed by atoms with E-state index in [1.54, 1.807) is 6.20 Å². The molecule has 1 fully saturated rings. The summed E-state index contributed by atoms with van der Waals surface area (Å²) in [4.78, 5) is 26.1. The molecule has 8 nitrogen and oxygen atoms in total. The van der Waals surface area contributed by atoms with Gasteiger partial charge in [-0.25, -0.2) is 4.98 Å². The number of fused-ring (bicyclic) bond motifs is 1. The Bertz CT molecular complexity index is 1270. The number of hydrogen-bond donors (Lipinski definition) is 2. The molecule has 8 heteroatoms. The van der Waals surface area contributed by atoms with Crippen molar-refractivity contribution in [2.45, 2.75) is 19.4 Å². The molecule has 4 aromatic rings. The number of amides is 1. The number of aromatic nitrogens is 4. The first-order chi connectivity index (χ1) is 16.1. The highest BCUT2D eigenvalue weighted by Gasteiger charge is 2.16. The lowest BCUT2D eigenvalue weighted by atomic mass is 10.0. The molecule has 0 bridgehead atoms. The first-order valence-electron chi connectivity index (χ1n) is 11.2. The van der Waals surface area contributed by atoms with Gasteiger partial charge in [0.2, 0.25) is 0 Å². The van der Waals surface area contributed by atoms with Gasteiger partial charge in [0, 0.05) is 44.0 Å². The number of carbonyl (C=O) groups is 1. The largest absolute Gasteiger partial charge is 0.363 e. The molecule has 0 spiro atoms. The molecule has 0 unspecified atom stereocenters. The molecule has 5 rings (SSSR count). The molecule has 0 radical (unpaired) electrons. The van der Waals surface area contributed by atoms with E-state index in [9.17, 15) is 4.79 Å². The Balaban J connectivity index is 1.39. The van der Waals surface area contributed by atoms with Crippen LogP contribution in [-0.4, -0.2) is 58.2 Å². The number of benzene rings is 1. The zero-order valence-corrected chi connectivity index (χ0v) is 18.9. The summed E-state index contributed by atoms with van der Waals surface area (Å²) in [7, 11) is 3.84. The van der Waals surface area contributed by atoms with Crippen molar-refractivity contribution in [1.82, 2.24) is 25.1 Å². The summed E-state index contributed by atoms with van der Waals surface area (Å²) in [6, 6.07) is 11.9. The minimum Gasteiger partial charge on any atom is -0.363 e. The van der Waals surface area contributed by atoms with Crippen LogP contribution in [-0.2, 0) is 6.54 Å². The highest BCUT2D eigenvalue weighted by molar-refractivity contribution is 6.11. The topological polar surface area (TPSA) is 90.0 Å². The van der Waals surface area contributed by atoms with Gasteiger partial charge >= 0.3 is 0 Å². The number of likely N-dealkylation sites (tertiary alicyclic amines) is 1. The summed E-state index contributed by atoms with van der Waals surface area (Å²) in [5.74, 6) is 0.544. The summed E-state index contributed by atoms with van der Waals surface area (Å²) in [6.45, 7) is 3.22. The van der Waals surface area contributed by atoms with E-state index < -0.39 is 0 Å². The van der Waals surface area contributed by atoms with Crippen molar-refractivity contribution in [1.29, 1.82) is 0 Å². The first kappa shape index (κ1) is 21.1. The van der Waals surface area contributed by atoms with Crippen molar-refractivity contribution >= 4 is 28.3 Å². The molecule has 33 heavy (non-hydrogen) atoms. The Kier molecular flexibility index (Phi) is 5.75. The Morgan fingerprint density at radius 1 is 1.06 bits per heavy atom. The summed E-state index contributed by atoms with van der Waals surface area (Å²) >= 11 is 0. The summed E-state index contributed by atoms with van der Waals surface area (Å²) < 4.78 is 0. The predicted molar refractivity (Wildman–Crippen MR) is 130 cm³/mol. The summed E-state index contributed by atoms with van der Waals surface area (Å²) in [5, 5.41) is 10.9. The average molecular weight is 442 g/mol. The van der Waals surface area contributed by atoms with Crippen LogP contribution in [0, 0.1) is 0 Å². The molecule has 3 aromatic heterocycles. The molecule has 0 saturated carbocycles. The van der Waals surface area contributed by atoms with Crippen molar-refractivity contribution < 1.29 is 4.79 Å². The zero-order chi connectivity index (χ0) is 22.8. The Morgan fingerprint density at radius 2 is 1.91 bits per heavy atom. The van der Waals surface area contributed by atoms with Gasteiger partial charge in [0.25, 0.3) is 5.91 Å². The van der Waals surface area contributed by atoms with Crippen LogP contribution in [0.15, 0.2) is 55.0 Å². The summed E-state index contributed by atoms with van der Waals surface area (Å²) in [6.07, 6.45) is 7.99. The van der Waals surface area contributed by atoms with E-state index in [1.807, 2.05) is 61.7 Å². The molecular formula is C25H27N7O. The lowest BCUT2D eigenvalue weighted by molar-refractivity contribution is 0.102. The molecule has 4 heterocycles. The minimum absolute atomic E-state index is 0.279. The van der Waals surface area contributed by atoms with E-state index in [4.69, 9.17) is 0 Å². The number of hydrogen-bond acceptors (Lipinski definition) is 6. The monoisotopic (exact) mass is 441 g/mol. The third-order valence-corrected chi connectivity index (χ3v) is 5.97. The van der Waals surface area contributed by atoms with Gasteiger partial charge in [0.15, 0.2) is 5.69 Å². The van der Waals surface area contributed by atoms with E-state index in [2.05, 4.69) is 36.4 Å². The Labute approximate surface area is 192 Å². The van der Waals surface area contributed by atoms with Crippen LogP contribution in [0.5, 0.6) is 0 Å². The van der Waals surface area contributed by atoms with E-state index >= 15 is 0 Å². The van der Waals surface area contributed by atoms with Gasteiger partial charge in [0.1, 0.15) is 5.82 Å². The number of nitrogens with one attached hydrogen (secondary N) is 2. The first-order valence-corrected chi connectivity index (χ1v) is 11.2. The maximum atomic E-state index is 13.0. The highest BCUT2D eigenvalue weighted by atomic mass is 16.1. The minimum atomic E-state index is -0.279. The normalized spacial score (nSPS) is 14.0. The third kappa shape index (κ3) is 4.56. The van der Waals surface area contributed by atoms with Crippen LogP contribution < -0.4 is 10.2 Å². The van der Waals surface area contributed by atoms with Crippen molar-refractivity contribution in [3.05, 3.63) is 66.2 Å². The van der Waals surface area contributed by atoms with E-state index in [0.717, 1.165) is 47.5 Å². The van der Waals surface area contributed by atoms with Gasteiger partial charge < -0.3 is 10.2 Å². The van der Waals surface area contributed by atoms with Crippen LogP contribution in [0.1, 0.15) is 28.9 Å².